The molecule has 0 aliphatic rings. The Labute approximate surface area is 215 Å². The van der Waals surface area contributed by atoms with E-state index in [-0.39, 0.29) is 18.0 Å². The molecule has 1 heterocycles. The van der Waals surface area contributed by atoms with Gasteiger partial charge < -0.3 is 14.8 Å². The third-order valence-corrected chi connectivity index (χ3v) is 5.95. The summed E-state index contributed by atoms with van der Waals surface area (Å²) in [7, 11) is 0. The van der Waals surface area contributed by atoms with Crippen LogP contribution in [0.1, 0.15) is 18.3 Å². The molecule has 0 saturated carbocycles. The molecule has 7 nitrogen and oxygen atoms in total. The fourth-order valence-electron chi connectivity index (χ4n) is 3.37. The Balaban J connectivity index is 1.50. The van der Waals surface area contributed by atoms with Crippen LogP contribution in [0.15, 0.2) is 84.0 Å². The van der Waals surface area contributed by atoms with Crippen molar-refractivity contribution in [3.63, 3.8) is 0 Å². The number of amides is 1. The predicted octanol–water partition coefficient (Wildman–Crippen LogP) is 5.99. The molecule has 1 N–H and O–H groups in total. The number of nitrogens with zero attached hydrogens (tertiary/aromatic N) is 3. The molecule has 0 saturated heterocycles. The number of nitrogens with one attached hydrogen (secondary N) is 1. The highest BCUT2D eigenvalue weighted by Crippen LogP contribution is 2.31. The van der Waals surface area contributed by atoms with Crippen molar-refractivity contribution in [3.05, 3.63) is 90.3 Å². The van der Waals surface area contributed by atoms with Crippen LogP contribution < -0.4 is 14.8 Å². The molecule has 0 bridgehead atoms. The number of hydrogen-bond acceptors (Lipinski definition) is 6. The monoisotopic (exact) mass is 528 g/mol. The first-order chi connectivity index (χ1) is 17.8. The van der Waals surface area contributed by atoms with E-state index in [0.717, 1.165) is 29.6 Å². The number of carbonyl (C=O) groups is 1. The summed E-state index contributed by atoms with van der Waals surface area (Å²) in [6.45, 7) is 2.55. The van der Waals surface area contributed by atoms with Gasteiger partial charge in [-0.05, 0) is 61.5 Å². The molecule has 0 aliphatic heterocycles. The molecule has 192 valence electrons. The first-order valence-corrected chi connectivity index (χ1v) is 12.3. The topological polar surface area (TPSA) is 78.3 Å². The molecule has 3 aromatic carbocycles. The number of aromatic nitrogens is 3. The lowest BCUT2D eigenvalue weighted by molar-refractivity contribution is -0.137. The van der Waals surface area contributed by atoms with Gasteiger partial charge in [-0.2, -0.15) is 13.2 Å². The Hall–Kier alpha value is -3.99. The van der Waals surface area contributed by atoms with Crippen LogP contribution >= 0.6 is 11.8 Å². The average molecular weight is 529 g/mol. The molecule has 0 spiro atoms. The van der Waals surface area contributed by atoms with E-state index in [2.05, 4.69) is 15.5 Å². The van der Waals surface area contributed by atoms with Crippen molar-refractivity contribution in [3.8, 4) is 17.2 Å². The molecule has 11 heteroatoms. The Morgan fingerprint density at radius 1 is 0.946 bits per heavy atom. The summed E-state index contributed by atoms with van der Waals surface area (Å²) >= 11 is 1.10. The number of rotatable bonds is 10. The number of anilines is 1. The number of ether oxygens (including phenoxy) is 2. The third-order valence-electron chi connectivity index (χ3n) is 5.02. The maximum absolute atomic E-state index is 13.0. The summed E-state index contributed by atoms with van der Waals surface area (Å²) in [5.74, 6) is 1.31. The number of carbonyl (C=O) groups excluding carboxylic acids is 1. The fourth-order valence-corrected chi connectivity index (χ4v) is 4.14. The largest absolute Gasteiger partial charge is 0.494 e. The van der Waals surface area contributed by atoms with Crippen molar-refractivity contribution in [1.29, 1.82) is 0 Å². The summed E-state index contributed by atoms with van der Waals surface area (Å²) in [6.07, 6.45) is -4.50. The molecule has 0 radical (unpaired) electrons. The van der Waals surface area contributed by atoms with Crippen molar-refractivity contribution in [2.45, 2.75) is 24.9 Å². The molecule has 4 aromatic rings. The predicted molar refractivity (Wildman–Crippen MR) is 134 cm³/mol. The number of para-hydroxylation sites is 1. The van der Waals surface area contributed by atoms with Gasteiger partial charge in [0.05, 0.1) is 17.9 Å². The molecule has 4 rings (SSSR count). The van der Waals surface area contributed by atoms with Gasteiger partial charge in [0.1, 0.15) is 18.1 Å². The van der Waals surface area contributed by atoms with Gasteiger partial charge in [0.15, 0.2) is 11.0 Å². The molecule has 1 aromatic heterocycles. The third kappa shape index (κ3) is 7.04. The minimum Gasteiger partial charge on any atom is -0.494 e. The van der Waals surface area contributed by atoms with E-state index in [9.17, 15) is 18.0 Å². The van der Waals surface area contributed by atoms with Crippen LogP contribution in [-0.2, 0) is 17.6 Å². The highest BCUT2D eigenvalue weighted by atomic mass is 32.2. The summed E-state index contributed by atoms with van der Waals surface area (Å²) in [6, 6.07) is 21.0. The van der Waals surface area contributed by atoms with Gasteiger partial charge in [0.2, 0.25) is 5.91 Å². The standard InChI is InChI=1S/C26H23F3N4O3S/c1-2-35-22-13-11-20(12-14-22)33-23(16-36-21-9-4-3-5-10-21)31-32-25(33)37-17-24(34)30-19-8-6-7-18(15-19)26(27,28)29/h3-15H,2,16-17H2,1H3,(H,30,34). The molecule has 0 aliphatic carbocycles. The number of halogens is 3. The first-order valence-electron chi connectivity index (χ1n) is 11.3. The molecule has 37 heavy (non-hydrogen) atoms. The Bertz CT molecular complexity index is 1330. The smallest absolute Gasteiger partial charge is 0.416 e. The van der Waals surface area contributed by atoms with Gasteiger partial charge in [-0.25, -0.2) is 0 Å². The van der Waals surface area contributed by atoms with E-state index in [1.165, 1.54) is 12.1 Å². The first kappa shape index (κ1) is 26.1. The van der Waals surface area contributed by atoms with Gasteiger partial charge in [0.25, 0.3) is 0 Å². The minimum absolute atomic E-state index is 0.0605. The van der Waals surface area contributed by atoms with Crippen LogP contribution in [0.25, 0.3) is 5.69 Å². The van der Waals surface area contributed by atoms with Crippen molar-refractivity contribution >= 4 is 23.4 Å². The molecular formula is C26H23F3N4O3S. The second-order valence-corrected chi connectivity index (χ2v) is 8.62. The van der Waals surface area contributed by atoms with Crippen molar-refractivity contribution in [2.75, 3.05) is 17.7 Å². The highest BCUT2D eigenvalue weighted by molar-refractivity contribution is 7.99. The lowest BCUT2D eigenvalue weighted by atomic mass is 10.2. The van der Waals surface area contributed by atoms with E-state index in [1.54, 1.807) is 4.57 Å². The quantitative estimate of drug-likeness (QED) is 0.255. The van der Waals surface area contributed by atoms with E-state index in [0.29, 0.717) is 29.1 Å². The molecule has 0 fully saturated rings. The van der Waals surface area contributed by atoms with E-state index in [1.807, 2.05) is 61.5 Å². The Kier molecular flexibility index (Phi) is 8.34. The van der Waals surface area contributed by atoms with E-state index < -0.39 is 17.6 Å². The molecular weight excluding hydrogens is 505 g/mol. The van der Waals surface area contributed by atoms with Crippen LogP contribution in [0.3, 0.4) is 0 Å². The van der Waals surface area contributed by atoms with Gasteiger partial charge >= 0.3 is 6.18 Å². The second kappa shape index (κ2) is 11.8. The average Bonchev–Trinajstić information content (AvgIpc) is 3.30. The number of benzene rings is 3. The van der Waals surface area contributed by atoms with Crippen LogP contribution in [0.4, 0.5) is 18.9 Å². The second-order valence-electron chi connectivity index (χ2n) is 7.68. The number of thioether (sulfide) groups is 1. The number of hydrogen-bond donors (Lipinski definition) is 1. The molecule has 0 unspecified atom stereocenters. The van der Waals surface area contributed by atoms with Gasteiger partial charge in [-0.1, -0.05) is 36.0 Å². The van der Waals surface area contributed by atoms with Gasteiger partial charge in [-0.3, -0.25) is 9.36 Å². The Morgan fingerprint density at radius 2 is 1.68 bits per heavy atom. The fraction of sp³-hybridized carbons (Fsp3) is 0.192. The van der Waals surface area contributed by atoms with Crippen LogP contribution in [0.2, 0.25) is 0 Å². The van der Waals surface area contributed by atoms with Gasteiger partial charge in [0, 0.05) is 11.4 Å². The zero-order valence-corrected chi connectivity index (χ0v) is 20.6. The van der Waals surface area contributed by atoms with E-state index in [4.69, 9.17) is 9.47 Å². The van der Waals surface area contributed by atoms with Crippen molar-refractivity contribution < 1.29 is 27.4 Å². The molecule has 1 amide bonds. The van der Waals surface area contributed by atoms with Crippen LogP contribution in [-0.4, -0.2) is 33.0 Å². The van der Waals surface area contributed by atoms with E-state index >= 15 is 0 Å². The zero-order chi connectivity index (χ0) is 26.3. The summed E-state index contributed by atoms with van der Waals surface area (Å²) in [5, 5.41) is 11.4. The minimum atomic E-state index is -4.50. The summed E-state index contributed by atoms with van der Waals surface area (Å²) < 4.78 is 52.0. The van der Waals surface area contributed by atoms with Crippen molar-refractivity contribution in [1.82, 2.24) is 14.8 Å². The van der Waals surface area contributed by atoms with Crippen LogP contribution in [0.5, 0.6) is 11.5 Å². The summed E-state index contributed by atoms with van der Waals surface area (Å²) in [5.41, 5.74) is -0.0393. The lowest BCUT2D eigenvalue weighted by Gasteiger charge is -2.12. The summed E-state index contributed by atoms with van der Waals surface area (Å²) in [4.78, 5) is 12.5. The maximum atomic E-state index is 13.0. The van der Waals surface area contributed by atoms with Gasteiger partial charge in [-0.15, -0.1) is 10.2 Å². The molecule has 0 atom stereocenters. The maximum Gasteiger partial charge on any atom is 0.416 e. The van der Waals surface area contributed by atoms with Crippen LogP contribution in [0, 0.1) is 0 Å². The van der Waals surface area contributed by atoms with Crippen molar-refractivity contribution in [2.24, 2.45) is 0 Å². The lowest BCUT2D eigenvalue weighted by Crippen LogP contribution is -2.15. The zero-order valence-electron chi connectivity index (χ0n) is 19.7. The SMILES string of the molecule is CCOc1ccc(-n2c(COc3ccccc3)nnc2SCC(=O)Nc2cccc(C(F)(F)F)c2)cc1. The highest BCUT2D eigenvalue weighted by Gasteiger charge is 2.30. The Morgan fingerprint density at radius 3 is 2.38 bits per heavy atom. The normalized spacial score (nSPS) is 11.2. The number of alkyl halides is 3.